The van der Waals surface area contributed by atoms with E-state index < -0.39 is 0 Å². The fourth-order valence-electron chi connectivity index (χ4n) is 3.08. The lowest BCUT2D eigenvalue weighted by atomic mass is 9.99. The summed E-state index contributed by atoms with van der Waals surface area (Å²) in [6.45, 7) is 1.68. The van der Waals surface area contributed by atoms with Crippen LogP contribution in [0.1, 0.15) is 42.9 Å². The van der Waals surface area contributed by atoms with E-state index in [0.29, 0.717) is 12.3 Å². The predicted molar refractivity (Wildman–Crippen MR) is 89.3 cm³/mol. The molecule has 0 unspecified atom stereocenters. The number of halogens is 1. The molecule has 122 valence electrons. The van der Waals surface area contributed by atoms with E-state index in [1.165, 1.54) is 5.56 Å². The van der Waals surface area contributed by atoms with Crippen LogP contribution in [0.3, 0.4) is 0 Å². The van der Waals surface area contributed by atoms with Crippen molar-refractivity contribution in [2.45, 2.75) is 38.0 Å². The molecular weight excluding hydrogens is 312 g/mol. The SMILES string of the molecule is O=C(CCCCc1cn[nH]n1)N1CC[C@@H](c2ccc(Cl)cc2)C1. The van der Waals surface area contributed by atoms with Crippen LogP contribution in [-0.4, -0.2) is 39.3 Å². The quantitative estimate of drug-likeness (QED) is 0.826. The summed E-state index contributed by atoms with van der Waals surface area (Å²) in [5.41, 5.74) is 2.23. The number of hydrogen-bond donors (Lipinski definition) is 1. The van der Waals surface area contributed by atoms with Crippen LogP contribution >= 0.6 is 11.6 Å². The van der Waals surface area contributed by atoms with Gasteiger partial charge in [0.25, 0.3) is 0 Å². The number of rotatable bonds is 6. The van der Waals surface area contributed by atoms with Gasteiger partial charge in [0, 0.05) is 30.5 Å². The number of carbonyl (C=O) groups is 1. The van der Waals surface area contributed by atoms with Crippen molar-refractivity contribution in [3.05, 3.63) is 46.7 Å². The molecule has 1 aromatic carbocycles. The molecule has 0 spiro atoms. The van der Waals surface area contributed by atoms with Crippen molar-refractivity contribution in [3.8, 4) is 0 Å². The smallest absolute Gasteiger partial charge is 0.222 e. The van der Waals surface area contributed by atoms with Crippen molar-refractivity contribution in [1.82, 2.24) is 20.3 Å². The van der Waals surface area contributed by atoms with E-state index in [4.69, 9.17) is 11.6 Å². The number of likely N-dealkylation sites (tertiary alicyclic amines) is 1. The van der Waals surface area contributed by atoms with Gasteiger partial charge in [-0.2, -0.15) is 15.4 Å². The molecule has 0 saturated carbocycles. The fraction of sp³-hybridized carbons (Fsp3) is 0.471. The molecule has 2 heterocycles. The van der Waals surface area contributed by atoms with E-state index in [1.807, 2.05) is 17.0 Å². The molecule has 0 bridgehead atoms. The van der Waals surface area contributed by atoms with Crippen LogP contribution < -0.4 is 0 Å². The summed E-state index contributed by atoms with van der Waals surface area (Å²) < 4.78 is 0. The van der Waals surface area contributed by atoms with Gasteiger partial charge in [0.05, 0.1) is 11.9 Å². The lowest BCUT2D eigenvalue weighted by molar-refractivity contribution is -0.130. The summed E-state index contributed by atoms with van der Waals surface area (Å²) in [6.07, 6.45) is 6.12. The first-order valence-corrected chi connectivity index (χ1v) is 8.48. The second kappa shape index (κ2) is 7.59. The topological polar surface area (TPSA) is 61.9 Å². The molecule has 1 amide bonds. The summed E-state index contributed by atoms with van der Waals surface area (Å²) in [5, 5.41) is 11.2. The third kappa shape index (κ3) is 4.32. The standard InChI is InChI=1S/C17H21ClN4O/c18-15-7-5-13(6-8-15)14-9-10-22(12-14)17(23)4-2-1-3-16-11-19-21-20-16/h5-8,11,14H,1-4,9-10,12H2,(H,19,20,21)/t14-/m1/s1. The highest BCUT2D eigenvalue weighted by Crippen LogP contribution is 2.28. The number of nitrogens with one attached hydrogen (secondary N) is 1. The molecule has 1 atom stereocenters. The Bertz CT molecular complexity index is 627. The number of aromatic nitrogens is 3. The van der Waals surface area contributed by atoms with Gasteiger partial charge in [-0.25, -0.2) is 0 Å². The highest BCUT2D eigenvalue weighted by Gasteiger charge is 2.26. The van der Waals surface area contributed by atoms with Gasteiger partial charge in [0.1, 0.15) is 0 Å². The number of carbonyl (C=O) groups excluding carboxylic acids is 1. The van der Waals surface area contributed by atoms with Crippen molar-refractivity contribution in [1.29, 1.82) is 0 Å². The van der Waals surface area contributed by atoms with Crippen LogP contribution in [0.2, 0.25) is 5.02 Å². The lowest BCUT2D eigenvalue weighted by Gasteiger charge is -2.16. The third-order valence-electron chi connectivity index (χ3n) is 4.42. The summed E-state index contributed by atoms with van der Waals surface area (Å²) >= 11 is 5.93. The molecule has 1 aliphatic rings. The van der Waals surface area contributed by atoms with E-state index >= 15 is 0 Å². The predicted octanol–water partition coefficient (Wildman–Crippen LogP) is 3.19. The zero-order valence-corrected chi connectivity index (χ0v) is 13.8. The Morgan fingerprint density at radius 2 is 2.13 bits per heavy atom. The van der Waals surface area contributed by atoms with Crippen molar-refractivity contribution in [3.63, 3.8) is 0 Å². The molecule has 0 aliphatic carbocycles. The first-order chi connectivity index (χ1) is 11.2. The summed E-state index contributed by atoms with van der Waals surface area (Å²) in [6, 6.07) is 7.98. The van der Waals surface area contributed by atoms with Crippen LogP contribution in [-0.2, 0) is 11.2 Å². The van der Waals surface area contributed by atoms with Gasteiger partial charge in [0.15, 0.2) is 0 Å². The van der Waals surface area contributed by atoms with E-state index in [1.54, 1.807) is 6.20 Å². The van der Waals surface area contributed by atoms with Gasteiger partial charge < -0.3 is 4.90 Å². The molecule has 1 fully saturated rings. The Morgan fingerprint density at radius 3 is 2.87 bits per heavy atom. The van der Waals surface area contributed by atoms with Crippen LogP contribution in [0.4, 0.5) is 0 Å². The molecule has 1 saturated heterocycles. The molecule has 5 nitrogen and oxygen atoms in total. The van der Waals surface area contributed by atoms with Gasteiger partial charge in [0.2, 0.25) is 5.91 Å². The van der Waals surface area contributed by atoms with E-state index in [0.717, 1.165) is 49.5 Å². The number of amides is 1. The van der Waals surface area contributed by atoms with Crippen molar-refractivity contribution >= 4 is 17.5 Å². The number of hydrogen-bond acceptors (Lipinski definition) is 3. The number of H-pyrrole nitrogens is 1. The average molecular weight is 333 g/mol. The molecule has 1 aromatic heterocycles. The van der Waals surface area contributed by atoms with E-state index in [-0.39, 0.29) is 5.91 Å². The van der Waals surface area contributed by atoms with Crippen LogP contribution in [0.25, 0.3) is 0 Å². The lowest BCUT2D eigenvalue weighted by Crippen LogP contribution is -2.28. The second-order valence-corrected chi connectivity index (χ2v) is 6.48. The first-order valence-electron chi connectivity index (χ1n) is 8.10. The number of unbranched alkanes of at least 4 members (excludes halogenated alkanes) is 1. The zero-order valence-electron chi connectivity index (χ0n) is 13.0. The van der Waals surface area contributed by atoms with E-state index in [9.17, 15) is 4.79 Å². The van der Waals surface area contributed by atoms with Gasteiger partial charge >= 0.3 is 0 Å². The molecule has 6 heteroatoms. The average Bonchev–Trinajstić information content (AvgIpc) is 3.24. The Hall–Kier alpha value is -1.88. The highest BCUT2D eigenvalue weighted by molar-refractivity contribution is 6.30. The summed E-state index contributed by atoms with van der Waals surface area (Å²) in [5.74, 6) is 0.702. The Labute approximate surface area is 141 Å². The zero-order chi connectivity index (χ0) is 16.1. The fourth-order valence-corrected chi connectivity index (χ4v) is 3.21. The Kier molecular flexibility index (Phi) is 5.28. The molecule has 2 aromatic rings. The molecule has 1 aliphatic heterocycles. The molecule has 0 radical (unpaired) electrons. The molecule has 3 rings (SSSR count). The Balaban J connectivity index is 1.41. The first kappa shape index (κ1) is 16.0. The molecule has 23 heavy (non-hydrogen) atoms. The van der Waals surface area contributed by atoms with Gasteiger partial charge in [-0.15, -0.1) is 0 Å². The molecular formula is C17H21ClN4O. The largest absolute Gasteiger partial charge is 0.342 e. The van der Waals surface area contributed by atoms with Crippen molar-refractivity contribution in [2.75, 3.05) is 13.1 Å². The van der Waals surface area contributed by atoms with Crippen molar-refractivity contribution in [2.24, 2.45) is 0 Å². The third-order valence-corrected chi connectivity index (χ3v) is 4.67. The number of aromatic amines is 1. The minimum atomic E-state index is 0.265. The summed E-state index contributed by atoms with van der Waals surface area (Å²) in [4.78, 5) is 14.3. The number of aryl methyl sites for hydroxylation is 1. The maximum Gasteiger partial charge on any atom is 0.222 e. The minimum absolute atomic E-state index is 0.265. The van der Waals surface area contributed by atoms with E-state index in [2.05, 4.69) is 27.5 Å². The van der Waals surface area contributed by atoms with Crippen LogP contribution in [0.5, 0.6) is 0 Å². The number of nitrogens with zero attached hydrogens (tertiary/aromatic N) is 3. The number of benzene rings is 1. The van der Waals surface area contributed by atoms with Gasteiger partial charge in [-0.05, 0) is 43.4 Å². The molecule has 1 N–H and O–H groups in total. The van der Waals surface area contributed by atoms with Crippen LogP contribution in [0, 0.1) is 0 Å². The van der Waals surface area contributed by atoms with Crippen molar-refractivity contribution < 1.29 is 4.79 Å². The monoisotopic (exact) mass is 332 g/mol. The van der Waals surface area contributed by atoms with Gasteiger partial charge in [-0.3, -0.25) is 4.79 Å². The maximum atomic E-state index is 12.3. The normalized spacial score (nSPS) is 17.6. The maximum absolute atomic E-state index is 12.3. The van der Waals surface area contributed by atoms with Gasteiger partial charge in [-0.1, -0.05) is 23.7 Å². The van der Waals surface area contributed by atoms with Crippen LogP contribution in [0.15, 0.2) is 30.5 Å². The minimum Gasteiger partial charge on any atom is -0.342 e. The highest BCUT2D eigenvalue weighted by atomic mass is 35.5. The second-order valence-electron chi connectivity index (χ2n) is 6.05. The summed E-state index contributed by atoms with van der Waals surface area (Å²) in [7, 11) is 0. The Morgan fingerprint density at radius 1 is 1.30 bits per heavy atom.